The van der Waals surface area contributed by atoms with Gasteiger partial charge in [0.1, 0.15) is 0 Å². The van der Waals surface area contributed by atoms with E-state index in [1.165, 1.54) is 12.1 Å². The number of halogens is 3. The molecule has 0 radical (unpaired) electrons. The van der Waals surface area contributed by atoms with Gasteiger partial charge in [-0.2, -0.15) is 13.2 Å². The smallest absolute Gasteiger partial charge is 0.416 e. The lowest BCUT2D eigenvalue weighted by Gasteiger charge is -2.24. The van der Waals surface area contributed by atoms with E-state index in [0.29, 0.717) is 11.1 Å². The Bertz CT molecular complexity index is 846. The van der Waals surface area contributed by atoms with Gasteiger partial charge in [0.05, 0.1) is 11.1 Å². The molecule has 7 heteroatoms. The zero-order valence-electron chi connectivity index (χ0n) is 13.2. The number of rotatable bonds is 2. The summed E-state index contributed by atoms with van der Waals surface area (Å²) >= 11 is 0. The largest absolute Gasteiger partial charge is 0.448 e. The first-order chi connectivity index (χ1) is 11.7. The van der Waals surface area contributed by atoms with Crippen molar-refractivity contribution in [3.05, 3.63) is 64.7 Å². The molecule has 25 heavy (non-hydrogen) atoms. The lowest BCUT2D eigenvalue weighted by atomic mass is 9.96. The van der Waals surface area contributed by atoms with Crippen molar-refractivity contribution in [2.24, 2.45) is 0 Å². The number of benzene rings is 2. The van der Waals surface area contributed by atoms with Crippen molar-refractivity contribution in [3.8, 4) is 0 Å². The Morgan fingerprint density at radius 1 is 1.20 bits per heavy atom. The zero-order valence-corrected chi connectivity index (χ0v) is 13.2. The van der Waals surface area contributed by atoms with E-state index in [9.17, 15) is 22.8 Å². The van der Waals surface area contributed by atoms with Crippen LogP contribution in [0.3, 0.4) is 0 Å². The van der Waals surface area contributed by atoms with Gasteiger partial charge in [-0.3, -0.25) is 4.79 Å². The summed E-state index contributed by atoms with van der Waals surface area (Å²) < 4.78 is 43.3. The SMILES string of the molecule is Cc1ccc2c(c1)CC(C(=O)Nc1cccc(C(F)(F)F)c1)OC2=O. The number of hydrogen-bond acceptors (Lipinski definition) is 3. The fraction of sp³-hybridized carbons (Fsp3) is 0.222. The summed E-state index contributed by atoms with van der Waals surface area (Å²) in [6.07, 6.45) is -5.42. The van der Waals surface area contributed by atoms with Crippen LogP contribution in [0.2, 0.25) is 0 Å². The zero-order chi connectivity index (χ0) is 18.2. The van der Waals surface area contributed by atoms with Gasteiger partial charge >= 0.3 is 12.1 Å². The standard InChI is InChI=1S/C18H14F3NO3/c1-10-5-6-14-11(7-10)8-15(25-17(14)24)16(23)22-13-4-2-3-12(9-13)18(19,20)21/h2-7,9,15H,8H2,1H3,(H,22,23). The Kier molecular flexibility index (Phi) is 4.24. The van der Waals surface area contributed by atoms with E-state index in [1.807, 2.05) is 6.92 Å². The molecule has 4 nitrogen and oxygen atoms in total. The van der Waals surface area contributed by atoms with E-state index in [1.54, 1.807) is 18.2 Å². The van der Waals surface area contributed by atoms with E-state index in [-0.39, 0.29) is 12.1 Å². The molecule has 3 rings (SSSR count). The van der Waals surface area contributed by atoms with Gasteiger partial charge < -0.3 is 10.1 Å². The Balaban J connectivity index is 1.78. The van der Waals surface area contributed by atoms with Crippen LogP contribution >= 0.6 is 0 Å². The minimum atomic E-state index is -4.51. The van der Waals surface area contributed by atoms with Crippen LogP contribution in [0.5, 0.6) is 0 Å². The van der Waals surface area contributed by atoms with Gasteiger partial charge in [0.25, 0.3) is 5.91 Å². The molecule has 0 bridgehead atoms. The molecule has 1 amide bonds. The highest BCUT2D eigenvalue weighted by Crippen LogP contribution is 2.31. The molecule has 130 valence electrons. The van der Waals surface area contributed by atoms with Gasteiger partial charge in [0, 0.05) is 12.1 Å². The number of ether oxygens (including phenoxy) is 1. The predicted molar refractivity (Wildman–Crippen MR) is 84.2 cm³/mol. The Labute approximate surface area is 141 Å². The van der Waals surface area contributed by atoms with Crippen molar-refractivity contribution in [1.82, 2.24) is 0 Å². The normalized spacial score (nSPS) is 16.8. The maximum absolute atomic E-state index is 12.7. The number of fused-ring (bicyclic) bond motifs is 1. The minimum Gasteiger partial charge on any atom is -0.448 e. The van der Waals surface area contributed by atoms with E-state index in [4.69, 9.17) is 4.74 Å². The lowest BCUT2D eigenvalue weighted by molar-refractivity contribution is -0.137. The molecule has 1 aliphatic heterocycles. The summed E-state index contributed by atoms with van der Waals surface area (Å²) in [6.45, 7) is 1.86. The first kappa shape index (κ1) is 17.0. The average Bonchev–Trinajstić information content (AvgIpc) is 2.53. The molecule has 0 spiro atoms. The molecular formula is C18H14F3NO3. The summed E-state index contributed by atoms with van der Waals surface area (Å²) in [5.41, 5.74) is 1.14. The number of aryl methyl sites for hydroxylation is 1. The Morgan fingerprint density at radius 3 is 2.68 bits per heavy atom. The fourth-order valence-corrected chi connectivity index (χ4v) is 2.67. The van der Waals surface area contributed by atoms with Gasteiger partial charge in [-0.25, -0.2) is 4.79 Å². The Hall–Kier alpha value is -2.83. The van der Waals surface area contributed by atoms with Crippen LogP contribution in [0.15, 0.2) is 42.5 Å². The summed E-state index contributed by atoms with van der Waals surface area (Å²) in [5, 5.41) is 2.37. The van der Waals surface area contributed by atoms with Gasteiger partial charge in [-0.15, -0.1) is 0 Å². The van der Waals surface area contributed by atoms with Crippen molar-refractivity contribution in [1.29, 1.82) is 0 Å². The number of amides is 1. The molecule has 2 aromatic carbocycles. The third kappa shape index (κ3) is 3.65. The highest BCUT2D eigenvalue weighted by Gasteiger charge is 2.33. The van der Waals surface area contributed by atoms with E-state index >= 15 is 0 Å². The van der Waals surface area contributed by atoms with Gasteiger partial charge in [0.2, 0.25) is 0 Å². The quantitative estimate of drug-likeness (QED) is 0.841. The number of cyclic esters (lactones) is 1. The minimum absolute atomic E-state index is 0.00841. The number of anilines is 1. The van der Waals surface area contributed by atoms with Gasteiger partial charge in [-0.1, -0.05) is 23.8 Å². The summed E-state index contributed by atoms with van der Waals surface area (Å²) in [6, 6.07) is 9.48. The third-order valence-corrected chi connectivity index (χ3v) is 3.89. The van der Waals surface area contributed by atoms with Crippen molar-refractivity contribution in [3.63, 3.8) is 0 Å². The lowest BCUT2D eigenvalue weighted by Crippen LogP contribution is -2.38. The molecule has 0 saturated carbocycles. The molecule has 1 N–H and O–H groups in total. The molecule has 1 heterocycles. The van der Waals surface area contributed by atoms with Crippen LogP contribution in [0.25, 0.3) is 0 Å². The molecule has 0 aliphatic carbocycles. The highest BCUT2D eigenvalue weighted by molar-refractivity contribution is 6.00. The van der Waals surface area contributed by atoms with Crippen LogP contribution in [-0.4, -0.2) is 18.0 Å². The number of alkyl halides is 3. The van der Waals surface area contributed by atoms with E-state index in [0.717, 1.165) is 17.7 Å². The number of esters is 1. The summed E-state index contributed by atoms with van der Waals surface area (Å²) in [4.78, 5) is 24.3. The predicted octanol–water partition coefficient (Wildman–Crippen LogP) is 3.73. The van der Waals surface area contributed by atoms with Gasteiger partial charge in [0.15, 0.2) is 6.10 Å². The van der Waals surface area contributed by atoms with Crippen LogP contribution in [0.4, 0.5) is 18.9 Å². The molecule has 0 aromatic heterocycles. The molecular weight excluding hydrogens is 335 g/mol. The second-order valence-corrected chi connectivity index (χ2v) is 5.83. The number of hydrogen-bond donors (Lipinski definition) is 1. The number of carbonyl (C=O) groups is 2. The van der Waals surface area contributed by atoms with Crippen molar-refractivity contribution in [2.45, 2.75) is 25.6 Å². The summed E-state index contributed by atoms with van der Waals surface area (Å²) in [7, 11) is 0. The van der Waals surface area contributed by atoms with E-state index in [2.05, 4.69) is 5.32 Å². The van der Waals surface area contributed by atoms with Crippen molar-refractivity contribution < 1.29 is 27.5 Å². The monoisotopic (exact) mass is 349 g/mol. The van der Waals surface area contributed by atoms with E-state index < -0.39 is 29.7 Å². The average molecular weight is 349 g/mol. The second kappa shape index (κ2) is 6.23. The summed E-state index contributed by atoms with van der Waals surface area (Å²) in [5.74, 6) is -1.29. The first-order valence-corrected chi connectivity index (χ1v) is 7.52. The second-order valence-electron chi connectivity index (χ2n) is 5.83. The highest BCUT2D eigenvalue weighted by atomic mass is 19.4. The fourth-order valence-electron chi connectivity index (χ4n) is 2.67. The van der Waals surface area contributed by atoms with Crippen LogP contribution in [0.1, 0.15) is 27.0 Å². The molecule has 1 atom stereocenters. The number of nitrogens with one attached hydrogen (secondary N) is 1. The Morgan fingerprint density at radius 2 is 1.96 bits per heavy atom. The van der Waals surface area contributed by atoms with Gasteiger partial charge in [-0.05, 0) is 36.8 Å². The van der Waals surface area contributed by atoms with Crippen molar-refractivity contribution >= 4 is 17.6 Å². The molecule has 0 fully saturated rings. The molecule has 1 unspecified atom stereocenters. The van der Waals surface area contributed by atoms with Crippen LogP contribution in [0, 0.1) is 6.92 Å². The third-order valence-electron chi connectivity index (χ3n) is 3.89. The molecule has 0 saturated heterocycles. The maximum Gasteiger partial charge on any atom is 0.416 e. The maximum atomic E-state index is 12.7. The topological polar surface area (TPSA) is 55.4 Å². The number of carbonyl (C=O) groups excluding carboxylic acids is 2. The molecule has 2 aromatic rings. The van der Waals surface area contributed by atoms with Crippen molar-refractivity contribution in [2.75, 3.05) is 5.32 Å². The van der Waals surface area contributed by atoms with Crippen LogP contribution < -0.4 is 5.32 Å². The first-order valence-electron chi connectivity index (χ1n) is 7.52. The molecule has 1 aliphatic rings. The van der Waals surface area contributed by atoms with Crippen LogP contribution in [-0.2, 0) is 22.1 Å².